The highest BCUT2D eigenvalue weighted by atomic mass is 19.3. The van der Waals surface area contributed by atoms with Gasteiger partial charge in [-0.1, -0.05) is 23.8 Å². The van der Waals surface area contributed by atoms with Crippen LogP contribution in [0.4, 0.5) is 19.1 Å². The quantitative estimate of drug-likeness (QED) is 0.301. The van der Waals surface area contributed by atoms with Crippen LogP contribution in [0.25, 0.3) is 16.8 Å². The maximum absolute atomic E-state index is 15.2. The van der Waals surface area contributed by atoms with Gasteiger partial charge in [-0.3, -0.25) is 0 Å². The Morgan fingerprint density at radius 2 is 1.88 bits per heavy atom. The molecule has 2 bridgehead atoms. The molecular weight excluding hydrogens is 523 g/mol. The number of nitrogens with zero attached hydrogens (tertiary/aromatic N) is 5. The standard InChI is InChI=1S/C29H26F3N5O3/c1-16-24(11-18-4-2-3-5-25(18)40-28(31)32)36-15-22(23(30)12-26(36)35-16)19-13-33-29(34-14-19)37-20-6-7-21(37)9-17(8-20)10-27(38)39/h2-5,10,12-15,20-21,28H,6-9,11H2,1H3,(H,38,39). The van der Waals surface area contributed by atoms with Gasteiger partial charge in [-0.05, 0) is 38.7 Å². The molecule has 2 aliphatic rings. The number of imidazole rings is 1. The number of halogens is 3. The van der Waals surface area contributed by atoms with Gasteiger partial charge in [-0.2, -0.15) is 8.78 Å². The highest BCUT2D eigenvalue weighted by Gasteiger charge is 2.40. The SMILES string of the molecule is Cc1nc2cc(F)c(-c3cnc(N4C5CCC4CC(=CC(=O)O)C5)nc3)cn2c1Cc1ccccc1OC(F)F. The van der Waals surface area contributed by atoms with Crippen LogP contribution in [0.2, 0.25) is 0 Å². The molecule has 2 atom stereocenters. The predicted octanol–water partition coefficient (Wildman–Crippen LogP) is 5.57. The zero-order valence-electron chi connectivity index (χ0n) is 21.6. The third-order valence-electron chi connectivity index (χ3n) is 7.68. The number of aliphatic carboxylic acids is 1. The summed E-state index contributed by atoms with van der Waals surface area (Å²) in [6, 6.07) is 8.18. The van der Waals surface area contributed by atoms with Gasteiger partial charge < -0.3 is 19.1 Å². The second kappa shape index (κ2) is 10.3. The fourth-order valence-corrected chi connectivity index (χ4v) is 5.96. The topological polar surface area (TPSA) is 92.9 Å². The first-order chi connectivity index (χ1) is 19.3. The first kappa shape index (κ1) is 25.8. The van der Waals surface area contributed by atoms with E-state index in [9.17, 15) is 13.6 Å². The van der Waals surface area contributed by atoms with E-state index in [2.05, 4.69) is 24.6 Å². The number of carboxylic acid groups (broad SMARTS) is 1. The van der Waals surface area contributed by atoms with Crippen LogP contribution < -0.4 is 9.64 Å². The molecule has 3 aromatic heterocycles. The fraction of sp³-hybridized carbons (Fsp3) is 0.310. The van der Waals surface area contributed by atoms with Gasteiger partial charge in [-0.25, -0.2) is 24.1 Å². The number of ether oxygens (including phenoxy) is 1. The Morgan fingerprint density at radius 1 is 1.18 bits per heavy atom. The van der Waals surface area contributed by atoms with Gasteiger partial charge in [0.15, 0.2) is 0 Å². The molecule has 11 heteroatoms. The summed E-state index contributed by atoms with van der Waals surface area (Å²) in [6.45, 7) is -1.16. The number of pyridine rings is 1. The van der Waals surface area contributed by atoms with E-state index in [0.717, 1.165) is 18.4 Å². The summed E-state index contributed by atoms with van der Waals surface area (Å²) in [5.74, 6) is -0.787. The number of aryl methyl sites for hydroxylation is 1. The second-order valence-corrected chi connectivity index (χ2v) is 10.2. The van der Waals surface area contributed by atoms with Crippen molar-refractivity contribution in [2.45, 2.75) is 57.7 Å². The minimum Gasteiger partial charge on any atom is -0.478 e. The van der Waals surface area contributed by atoms with Crippen LogP contribution >= 0.6 is 0 Å². The third kappa shape index (κ3) is 4.87. The summed E-state index contributed by atoms with van der Waals surface area (Å²) in [6.07, 6.45) is 9.56. The lowest BCUT2D eigenvalue weighted by atomic mass is 9.96. The van der Waals surface area contributed by atoms with E-state index in [-0.39, 0.29) is 29.8 Å². The molecule has 8 nitrogen and oxygen atoms in total. The number of piperidine rings is 1. The smallest absolute Gasteiger partial charge is 0.387 e. The summed E-state index contributed by atoms with van der Waals surface area (Å²) >= 11 is 0. The minimum absolute atomic E-state index is 0.0791. The van der Waals surface area contributed by atoms with Gasteiger partial charge in [0.2, 0.25) is 5.95 Å². The maximum Gasteiger partial charge on any atom is 0.387 e. The molecule has 1 N–H and O–H groups in total. The molecule has 0 saturated carbocycles. The molecule has 2 aliphatic heterocycles. The van der Waals surface area contributed by atoms with Crippen molar-refractivity contribution in [3.63, 3.8) is 0 Å². The van der Waals surface area contributed by atoms with Crippen LogP contribution in [0.1, 0.15) is 42.6 Å². The Morgan fingerprint density at radius 3 is 2.55 bits per heavy atom. The lowest BCUT2D eigenvalue weighted by Gasteiger charge is -2.36. The molecule has 6 rings (SSSR count). The van der Waals surface area contributed by atoms with Gasteiger partial charge in [-0.15, -0.1) is 0 Å². The Kier molecular flexibility index (Phi) is 6.65. The highest BCUT2D eigenvalue weighted by molar-refractivity contribution is 5.80. The Hall–Kier alpha value is -4.41. The molecule has 2 fully saturated rings. The van der Waals surface area contributed by atoms with Crippen molar-refractivity contribution in [2.24, 2.45) is 0 Å². The van der Waals surface area contributed by atoms with Crippen molar-refractivity contribution >= 4 is 17.6 Å². The Bertz CT molecular complexity index is 1600. The normalized spacial score (nSPS) is 18.5. The van der Waals surface area contributed by atoms with Crippen LogP contribution in [0.5, 0.6) is 5.75 Å². The van der Waals surface area contributed by atoms with Crippen molar-refractivity contribution in [3.8, 4) is 16.9 Å². The average Bonchev–Trinajstić information content (AvgIpc) is 3.35. The van der Waals surface area contributed by atoms with Crippen molar-refractivity contribution in [3.05, 3.63) is 83.3 Å². The number of hydrogen-bond donors (Lipinski definition) is 1. The lowest BCUT2D eigenvalue weighted by molar-refractivity contribution is -0.131. The van der Waals surface area contributed by atoms with E-state index in [0.29, 0.717) is 47.0 Å². The molecule has 40 heavy (non-hydrogen) atoms. The molecule has 0 spiro atoms. The van der Waals surface area contributed by atoms with E-state index < -0.39 is 18.4 Å². The van der Waals surface area contributed by atoms with E-state index in [1.54, 1.807) is 48.1 Å². The Balaban J connectivity index is 1.30. The van der Waals surface area contributed by atoms with Crippen LogP contribution in [0.15, 0.2) is 60.6 Å². The third-order valence-corrected chi connectivity index (χ3v) is 7.68. The number of alkyl halides is 2. The summed E-state index contributed by atoms with van der Waals surface area (Å²) in [5, 5.41) is 9.12. The van der Waals surface area contributed by atoms with Crippen molar-refractivity contribution in [1.82, 2.24) is 19.4 Å². The van der Waals surface area contributed by atoms with Crippen LogP contribution in [0.3, 0.4) is 0 Å². The molecule has 0 aliphatic carbocycles. The van der Waals surface area contributed by atoms with E-state index in [1.807, 2.05) is 0 Å². The molecule has 206 valence electrons. The molecule has 4 aromatic rings. The van der Waals surface area contributed by atoms with Gasteiger partial charge in [0, 0.05) is 71.6 Å². The van der Waals surface area contributed by atoms with Crippen LogP contribution in [-0.4, -0.2) is 49.1 Å². The van der Waals surface area contributed by atoms with E-state index in [1.165, 1.54) is 18.2 Å². The number of carbonyl (C=O) groups is 1. The highest BCUT2D eigenvalue weighted by Crippen LogP contribution is 2.40. The number of carboxylic acids is 1. The van der Waals surface area contributed by atoms with Gasteiger partial charge in [0.05, 0.1) is 5.69 Å². The zero-order chi connectivity index (χ0) is 28.0. The monoisotopic (exact) mass is 549 g/mol. The fourth-order valence-electron chi connectivity index (χ4n) is 5.96. The lowest BCUT2D eigenvalue weighted by Crippen LogP contribution is -2.41. The van der Waals surface area contributed by atoms with Crippen molar-refractivity contribution < 1.29 is 27.8 Å². The number of rotatable bonds is 7. The first-order valence-electron chi connectivity index (χ1n) is 13.0. The predicted molar refractivity (Wildman–Crippen MR) is 141 cm³/mol. The van der Waals surface area contributed by atoms with Gasteiger partial charge >= 0.3 is 12.6 Å². The largest absolute Gasteiger partial charge is 0.478 e. The Labute approximate surface area is 227 Å². The van der Waals surface area contributed by atoms with E-state index >= 15 is 4.39 Å². The number of benzene rings is 1. The molecule has 2 saturated heterocycles. The molecule has 1 aromatic carbocycles. The number of fused-ring (bicyclic) bond motifs is 3. The van der Waals surface area contributed by atoms with Gasteiger partial charge in [0.25, 0.3) is 0 Å². The average molecular weight is 550 g/mol. The summed E-state index contributed by atoms with van der Waals surface area (Å²) < 4.78 is 47.5. The molecule has 5 heterocycles. The maximum atomic E-state index is 15.2. The summed E-state index contributed by atoms with van der Waals surface area (Å²) in [4.78, 5) is 26.9. The molecule has 0 amide bonds. The number of para-hydroxylation sites is 1. The second-order valence-electron chi connectivity index (χ2n) is 10.2. The number of aromatic nitrogens is 4. The van der Waals surface area contributed by atoms with Crippen molar-refractivity contribution in [2.75, 3.05) is 4.90 Å². The van der Waals surface area contributed by atoms with Crippen LogP contribution in [-0.2, 0) is 11.2 Å². The molecule has 0 radical (unpaired) electrons. The van der Waals surface area contributed by atoms with Gasteiger partial charge in [0.1, 0.15) is 17.2 Å². The minimum atomic E-state index is -2.95. The van der Waals surface area contributed by atoms with E-state index in [4.69, 9.17) is 5.11 Å². The van der Waals surface area contributed by atoms with Crippen molar-refractivity contribution in [1.29, 1.82) is 0 Å². The van der Waals surface area contributed by atoms with Crippen LogP contribution in [0, 0.1) is 12.7 Å². The molecule has 2 unspecified atom stereocenters. The zero-order valence-corrected chi connectivity index (χ0v) is 21.6. The summed E-state index contributed by atoms with van der Waals surface area (Å²) in [7, 11) is 0. The summed E-state index contributed by atoms with van der Waals surface area (Å²) in [5.41, 5.74) is 4.01. The number of anilines is 1. The molecular formula is C29H26F3N5O3. The first-order valence-corrected chi connectivity index (χ1v) is 13.0. The number of hydrogen-bond acceptors (Lipinski definition) is 6.